The number of nitrogens with one attached hydrogen (secondary N) is 1. The van der Waals surface area contributed by atoms with Crippen LogP contribution in [0.4, 0.5) is 0 Å². The predicted octanol–water partition coefficient (Wildman–Crippen LogP) is 3.67. The van der Waals surface area contributed by atoms with Crippen molar-refractivity contribution >= 4 is 11.3 Å². The minimum absolute atomic E-state index is 0.0214. The van der Waals surface area contributed by atoms with E-state index in [1.54, 1.807) is 0 Å². The lowest BCUT2D eigenvalue weighted by Gasteiger charge is -2.26. The quantitative estimate of drug-likeness (QED) is 0.752. The molecule has 1 aliphatic heterocycles. The number of rotatable bonds is 4. The third-order valence-electron chi connectivity index (χ3n) is 4.53. The van der Waals surface area contributed by atoms with E-state index in [4.69, 9.17) is 4.74 Å². The number of thiazole rings is 1. The Balaban J connectivity index is 1.47. The molecule has 4 nitrogen and oxygen atoms in total. The zero-order chi connectivity index (χ0) is 17.2. The van der Waals surface area contributed by atoms with E-state index in [1.807, 2.05) is 18.2 Å². The molecule has 25 heavy (non-hydrogen) atoms. The summed E-state index contributed by atoms with van der Waals surface area (Å²) in [7, 11) is 0. The molecule has 128 valence electrons. The summed E-state index contributed by atoms with van der Waals surface area (Å²) in [5.41, 5.74) is 3.57. The lowest BCUT2D eigenvalue weighted by Crippen LogP contribution is -2.25. The van der Waals surface area contributed by atoms with Gasteiger partial charge in [0.25, 0.3) is 0 Å². The molecule has 0 spiro atoms. The average Bonchev–Trinajstić information content (AvgIpc) is 2.93. The van der Waals surface area contributed by atoms with E-state index < -0.39 is 0 Å². The van der Waals surface area contributed by atoms with Gasteiger partial charge >= 0.3 is 4.87 Å². The first-order valence-corrected chi connectivity index (χ1v) is 9.22. The maximum Gasteiger partial charge on any atom is 0.307 e. The Bertz CT molecular complexity index is 930. The van der Waals surface area contributed by atoms with Gasteiger partial charge in [-0.3, -0.25) is 9.78 Å². The number of aromatic amines is 1. The molecule has 0 saturated heterocycles. The van der Waals surface area contributed by atoms with Crippen LogP contribution < -0.4 is 9.61 Å². The van der Waals surface area contributed by atoms with Gasteiger partial charge in [-0.25, -0.2) is 0 Å². The highest BCUT2D eigenvalue weighted by Crippen LogP contribution is 2.31. The van der Waals surface area contributed by atoms with E-state index in [2.05, 4.69) is 35.3 Å². The maximum absolute atomic E-state index is 11.3. The summed E-state index contributed by atoms with van der Waals surface area (Å²) in [6.45, 7) is 0. The van der Waals surface area contributed by atoms with Crippen LogP contribution in [0, 0.1) is 0 Å². The monoisotopic (exact) mass is 353 g/mol. The highest BCUT2D eigenvalue weighted by molar-refractivity contribution is 7.09. The molecule has 1 aliphatic rings. The topological polar surface area (TPSA) is 62.3 Å². The summed E-state index contributed by atoms with van der Waals surface area (Å²) in [4.78, 5) is 14.2. The standard InChI is InChI=1S/C20H19NO3S/c22-19-18(25-20(23)21-19)12-14-6-9-17-15(10-14)7-8-16(24-17)11-13-4-2-1-3-5-13/h1-6,9-10,16,22H,7-8,11-12H2,(H,21,23). The van der Waals surface area contributed by atoms with E-state index >= 15 is 0 Å². The highest BCUT2D eigenvalue weighted by atomic mass is 32.1. The van der Waals surface area contributed by atoms with Gasteiger partial charge < -0.3 is 9.84 Å². The number of hydrogen-bond acceptors (Lipinski definition) is 4. The number of H-pyrrole nitrogens is 1. The molecule has 0 fully saturated rings. The van der Waals surface area contributed by atoms with Gasteiger partial charge in [-0.2, -0.15) is 0 Å². The molecule has 0 aliphatic carbocycles. The SMILES string of the molecule is O=c1[nH]c(O)c(Cc2ccc3c(c2)CCC(Cc2ccccc2)O3)s1. The molecule has 2 N–H and O–H groups in total. The largest absolute Gasteiger partial charge is 0.494 e. The third-order valence-corrected chi connectivity index (χ3v) is 5.40. The molecule has 0 saturated carbocycles. The lowest BCUT2D eigenvalue weighted by atomic mass is 9.96. The van der Waals surface area contributed by atoms with Gasteiger partial charge in [0, 0.05) is 12.8 Å². The second kappa shape index (κ2) is 6.76. The zero-order valence-electron chi connectivity index (χ0n) is 13.7. The lowest BCUT2D eigenvalue weighted by molar-refractivity contribution is 0.174. The fraction of sp³-hybridized carbons (Fsp3) is 0.250. The van der Waals surface area contributed by atoms with Crippen molar-refractivity contribution in [1.82, 2.24) is 4.98 Å². The smallest absolute Gasteiger partial charge is 0.307 e. The van der Waals surface area contributed by atoms with E-state index in [1.165, 1.54) is 11.1 Å². The van der Waals surface area contributed by atoms with Crippen molar-refractivity contribution in [2.75, 3.05) is 0 Å². The highest BCUT2D eigenvalue weighted by Gasteiger charge is 2.20. The van der Waals surface area contributed by atoms with Gasteiger partial charge in [-0.15, -0.1) is 0 Å². The maximum atomic E-state index is 11.3. The molecule has 2 aromatic carbocycles. The normalized spacial score (nSPS) is 16.2. The summed E-state index contributed by atoms with van der Waals surface area (Å²) in [5, 5.41) is 9.74. The summed E-state index contributed by atoms with van der Waals surface area (Å²) >= 11 is 1.06. The Hall–Kier alpha value is -2.53. The van der Waals surface area contributed by atoms with Crippen LogP contribution in [0.3, 0.4) is 0 Å². The Kier molecular flexibility index (Phi) is 4.32. The second-order valence-electron chi connectivity index (χ2n) is 6.37. The molecular formula is C20H19NO3S. The first-order chi connectivity index (χ1) is 12.2. The van der Waals surface area contributed by atoms with Crippen LogP contribution in [-0.2, 0) is 19.3 Å². The van der Waals surface area contributed by atoms with Gasteiger partial charge in [0.05, 0.1) is 4.88 Å². The van der Waals surface area contributed by atoms with Crippen LogP contribution in [0.5, 0.6) is 11.6 Å². The summed E-state index contributed by atoms with van der Waals surface area (Å²) in [5.74, 6) is 0.925. The van der Waals surface area contributed by atoms with Crippen molar-refractivity contribution in [3.63, 3.8) is 0 Å². The number of aromatic hydroxyl groups is 1. The molecule has 0 radical (unpaired) electrons. The molecule has 1 atom stereocenters. The van der Waals surface area contributed by atoms with Gasteiger partial charge in [-0.1, -0.05) is 53.8 Å². The minimum atomic E-state index is -0.224. The molecule has 4 rings (SSSR count). The molecule has 1 unspecified atom stereocenters. The number of ether oxygens (including phenoxy) is 1. The first kappa shape index (κ1) is 16.0. The van der Waals surface area contributed by atoms with Crippen molar-refractivity contribution < 1.29 is 9.84 Å². The Labute approximate surface area is 149 Å². The number of hydrogen-bond donors (Lipinski definition) is 2. The average molecular weight is 353 g/mol. The van der Waals surface area contributed by atoms with E-state index in [9.17, 15) is 9.90 Å². The van der Waals surface area contributed by atoms with Crippen molar-refractivity contribution in [2.45, 2.75) is 31.8 Å². The fourth-order valence-electron chi connectivity index (χ4n) is 3.29. The van der Waals surface area contributed by atoms with Crippen LogP contribution in [-0.4, -0.2) is 16.2 Å². The predicted molar refractivity (Wildman–Crippen MR) is 98.7 cm³/mol. The number of benzene rings is 2. The van der Waals surface area contributed by atoms with Crippen LogP contribution in [0.15, 0.2) is 53.3 Å². The van der Waals surface area contributed by atoms with E-state index in [0.717, 1.165) is 41.9 Å². The van der Waals surface area contributed by atoms with Crippen LogP contribution >= 0.6 is 11.3 Å². The Morgan fingerprint density at radius 2 is 2.00 bits per heavy atom. The van der Waals surface area contributed by atoms with Gasteiger partial charge in [-0.05, 0) is 35.6 Å². The minimum Gasteiger partial charge on any atom is -0.494 e. The first-order valence-electron chi connectivity index (χ1n) is 8.41. The fourth-order valence-corrected chi connectivity index (χ4v) is 4.04. The summed E-state index contributed by atoms with van der Waals surface area (Å²) in [6.07, 6.45) is 3.66. The second-order valence-corrected chi connectivity index (χ2v) is 7.44. The van der Waals surface area contributed by atoms with Crippen molar-refractivity contribution in [1.29, 1.82) is 0 Å². The van der Waals surface area contributed by atoms with Crippen LogP contribution in [0.25, 0.3) is 0 Å². The van der Waals surface area contributed by atoms with Crippen molar-refractivity contribution in [3.05, 3.63) is 79.8 Å². The van der Waals surface area contributed by atoms with Crippen LogP contribution in [0.2, 0.25) is 0 Å². The van der Waals surface area contributed by atoms with Gasteiger partial charge in [0.2, 0.25) is 5.88 Å². The molecule has 0 bridgehead atoms. The van der Waals surface area contributed by atoms with Crippen molar-refractivity contribution in [3.8, 4) is 11.6 Å². The van der Waals surface area contributed by atoms with Gasteiger partial charge in [0.1, 0.15) is 11.9 Å². The third kappa shape index (κ3) is 3.61. The molecule has 2 heterocycles. The molecule has 1 aromatic heterocycles. The van der Waals surface area contributed by atoms with E-state index in [0.29, 0.717) is 11.3 Å². The van der Waals surface area contributed by atoms with Crippen LogP contribution in [0.1, 0.15) is 28.0 Å². The molecular weight excluding hydrogens is 334 g/mol. The summed E-state index contributed by atoms with van der Waals surface area (Å²) < 4.78 is 6.17. The zero-order valence-corrected chi connectivity index (χ0v) is 14.5. The number of fused-ring (bicyclic) bond motifs is 1. The van der Waals surface area contributed by atoms with Gasteiger partial charge in [0.15, 0.2) is 0 Å². The summed E-state index contributed by atoms with van der Waals surface area (Å²) in [6, 6.07) is 16.6. The number of aromatic nitrogens is 1. The van der Waals surface area contributed by atoms with E-state index in [-0.39, 0.29) is 16.9 Å². The number of aryl methyl sites for hydroxylation is 1. The molecule has 0 amide bonds. The Morgan fingerprint density at radius 3 is 2.76 bits per heavy atom. The molecule has 3 aromatic rings. The Morgan fingerprint density at radius 1 is 1.16 bits per heavy atom. The molecule has 5 heteroatoms. The van der Waals surface area contributed by atoms with Crippen molar-refractivity contribution in [2.24, 2.45) is 0 Å².